The minimum absolute atomic E-state index is 0.547. The molecule has 0 fully saturated rings. The van der Waals surface area contributed by atoms with Gasteiger partial charge in [0.1, 0.15) is 5.75 Å². The van der Waals surface area contributed by atoms with Crippen LogP contribution in [-0.4, -0.2) is 18.4 Å². The summed E-state index contributed by atoms with van der Waals surface area (Å²) in [6.07, 6.45) is 0.836. The fraction of sp³-hybridized carbons (Fsp3) is 0.0455. The van der Waals surface area contributed by atoms with Gasteiger partial charge in [-0.3, -0.25) is 4.79 Å². The lowest BCUT2D eigenvalue weighted by molar-refractivity contribution is 0.112. The second kappa shape index (κ2) is 6.29. The molecular weight excluding hydrogens is 310 g/mol. The molecule has 3 aromatic carbocycles. The molecular formula is C22H17NO2. The number of hydrogen-bond donors (Lipinski definition) is 1. The highest BCUT2D eigenvalue weighted by Gasteiger charge is 2.17. The van der Waals surface area contributed by atoms with Gasteiger partial charge in [-0.25, -0.2) is 0 Å². The van der Waals surface area contributed by atoms with Crippen molar-refractivity contribution in [3.8, 4) is 28.1 Å². The van der Waals surface area contributed by atoms with Gasteiger partial charge in [-0.05, 0) is 17.2 Å². The molecule has 0 spiro atoms. The van der Waals surface area contributed by atoms with Crippen molar-refractivity contribution >= 4 is 17.2 Å². The summed E-state index contributed by atoms with van der Waals surface area (Å²) in [7, 11) is 1.58. The van der Waals surface area contributed by atoms with Gasteiger partial charge in [0.2, 0.25) is 0 Å². The molecule has 1 N–H and O–H groups in total. The summed E-state index contributed by atoms with van der Waals surface area (Å²) < 4.78 is 5.35. The zero-order valence-corrected chi connectivity index (χ0v) is 13.8. The summed E-state index contributed by atoms with van der Waals surface area (Å²) in [5, 5.41) is 1.01. The van der Waals surface area contributed by atoms with Crippen LogP contribution in [0.25, 0.3) is 33.3 Å². The molecule has 0 atom stereocenters. The van der Waals surface area contributed by atoms with E-state index in [1.807, 2.05) is 48.5 Å². The molecule has 25 heavy (non-hydrogen) atoms. The highest BCUT2D eigenvalue weighted by Crippen LogP contribution is 2.40. The number of aromatic amines is 1. The van der Waals surface area contributed by atoms with Crippen molar-refractivity contribution in [2.24, 2.45) is 0 Å². The number of benzene rings is 3. The van der Waals surface area contributed by atoms with E-state index in [2.05, 4.69) is 29.2 Å². The monoisotopic (exact) mass is 327 g/mol. The molecule has 0 saturated carbocycles. The Morgan fingerprint density at radius 1 is 0.880 bits per heavy atom. The number of fused-ring (bicyclic) bond motifs is 1. The number of H-pyrrole nitrogens is 1. The van der Waals surface area contributed by atoms with E-state index >= 15 is 0 Å². The van der Waals surface area contributed by atoms with E-state index in [1.54, 1.807) is 7.11 Å². The predicted molar refractivity (Wildman–Crippen MR) is 101 cm³/mol. The third-order valence-electron chi connectivity index (χ3n) is 4.40. The average molecular weight is 327 g/mol. The van der Waals surface area contributed by atoms with Crippen LogP contribution in [0.5, 0.6) is 5.75 Å². The van der Waals surface area contributed by atoms with Gasteiger partial charge in [0.05, 0.1) is 23.9 Å². The summed E-state index contributed by atoms with van der Waals surface area (Å²) in [5.74, 6) is 0.572. The number of ether oxygens (including phenoxy) is 1. The van der Waals surface area contributed by atoms with Gasteiger partial charge in [-0.15, -0.1) is 0 Å². The maximum atomic E-state index is 11.5. The van der Waals surface area contributed by atoms with Crippen LogP contribution in [0.3, 0.4) is 0 Å². The van der Waals surface area contributed by atoms with Gasteiger partial charge in [0.15, 0.2) is 6.29 Å². The number of nitrogens with one attached hydrogen (secondary N) is 1. The Bertz CT molecular complexity index is 1030. The van der Waals surface area contributed by atoms with Crippen LogP contribution in [-0.2, 0) is 0 Å². The van der Waals surface area contributed by atoms with E-state index in [0.717, 1.165) is 39.6 Å². The van der Waals surface area contributed by atoms with E-state index in [1.165, 1.54) is 0 Å². The van der Waals surface area contributed by atoms with Gasteiger partial charge in [-0.2, -0.15) is 0 Å². The minimum Gasteiger partial charge on any atom is -0.496 e. The first-order valence-corrected chi connectivity index (χ1v) is 8.11. The highest BCUT2D eigenvalue weighted by atomic mass is 16.5. The Morgan fingerprint density at radius 2 is 1.52 bits per heavy atom. The van der Waals surface area contributed by atoms with Gasteiger partial charge in [-0.1, -0.05) is 60.7 Å². The molecule has 122 valence electrons. The first-order chi connectivity index (χ1) is 12.3. The standard InChI is InChI=1S/C22H17NO2/c1-25-20-13-19-18(12-17(20)14-24)21(15-8-4-2-5-9-15)22(23-19)16-10-6-3-7-11-16/h2-14,23H,1H3. The van der Waals surface area contributed by atoms with Crippen molar-refractivity contribution in [3.05, 3.63) is 78.4 Å². The van der Waals surface area contributed by atoms with Crippen LogP contribution in [0.15, 0.2) is 72.8 Å². The molecule has 3 nitrogen and oxygen atoms in total. The molecule has 0 unspecified atom stereocenters. The molecule has 3 heteroatoms. The Kier molecular flexibility index (Phi) is 3.82. The second-order valence-corrected chi connectivity index (χ2v) is 5.86. The molecule has 1 aromatic heterocycles. The third kappa shape index (κ3) is 2.60. The summed E-state index contributed by atoms with van der Waals surface area (Å²) in [5.41, 5.74) is 5.82. The van der Waals surface area contributed by atoms with E-state index in [9.17, 15) is 4.79 Å². The molecule has 4 aromatic rings. The number of carbonyl (C=O) groups is 1. The smallest absolute Gasteiger partial charge is 0.153 e. The van der Waals surface area contributed by atoms with Gasteiger partial charge >= 0.3 is 0 Å². The van der Waals surface area contributed by atoms with Crippen molar-refractivity contribution in [1.82, 2.24) is 4.98 Å². The van der Waals surface area contributed by atoms with Crippen LogP contribution in [0, 0.1) is 0 Å². The van der Waals surface area contributed by atoms with Crippen molar-refractivity contribution in [2.45, 2.75) is 0 Å². The molecule has 1 heterocycles. The Hall–Kier alpha value is -3.33. The number of methoxy groups -OCH3 is 1. The van der Waals surface area contributed by atoms with Crippen molar-refractivity contribution < 1.29 is 9.53 Å². The maximum absolute atomic E-state index is 11.5. The quantitative estimate of drug-likeness (QED) is 0.515. The van der Waals surface area contributed by atoms with Crippen LogP contribution in [0.4, 0.5) is 0 Å². The van der Waals surface area contributed by atoms with Crippen molar-refractivity contribution in [2.75, 3.05) is 7.11 Å². The van der Waals surface area contributed by atoms with E-state index in [-0.39, 0.29) is 0 Å². The number of hydrogen-bond acceptors (Lipinski definition) is 2. The summed E-state index contributed by atoms with van der Waals surface area (Å²) in [6, 6.07) is 24.2. The van der Waals surface area contributed by atoms with Crippen molar-refractivity contribution in [3.63, 3.8) is 0 Å². The largest absolute Gasteiger partial charge is 0.496 e. The van der Waals surface area contributed by atoms with E-state index in [0.29, 0.717) is 11.3 Å². The Balaban J connectivity index is 2.09. The molecule has 0 bridgehead atoms. The van der Waals surface area contributed by atoms with Crippen LogP contribution in [0.1, 0.15) is 10.4 Å². The Morgan fingerprint density at radius 3 is 2.12 bits per heavy atom. The Labute approximate surface area is 145 Å². The fourth-order valence-corrected chi connectivity index (χ4v) is 3.23. The molecule has 0 aliphatic rings. The lowest BCUT2D eigenvalue weighted by Crippen LogP contribution is -1.90. The summed E-state index contributed by atoms with van der Waals surface area (Å²) in [6.45, 7) is 0. The van der Waals surface area contributed by atoms with Gasteiger partial charge < -0.3 is 9.72 Å². The van der Waals surface area contributed by atoms with Crippen LogP contribution >= 0.6 is 0 Å². The average Bonchev–Trinajstić information content (AvgIpc) is 3.06. The first-order valence-electron chi connectivity index (χ1n) is 8.11. The highest BCUT2D eigenvalue weighted by molar-refractivity contribution is 6.06. The van der Waals surface area contributed by atoms with Crippen molar-refractivity contribution in [1.29, 1.82) is 0 Å². The fourth-order valence-electron chi connectivity index (χ4n) is 3.23. The SMILES string of the molecule is COc1cc2[nH]c(-c3ccccc3)c(-c3ccccc3)c2cc1C=O. The third-order valence-corrected chi connectivity index (χ3v) is 4.40. The molecule has 4 rings (SSSR count). The molecule has 0 amide bonds. The molecule has 0 aliphatic heterocycles. The predicted octanol–water partition coefficient (Wildman–Crippen LogP) is 5.32. The zero-order chi connectivity index (χ0) is 17.2. The van der Waals surface area contributed by atoms with Crippen LogP contribution in [0.2, 0.25) is 0 Å². The topological polar surface area (TPSA) is 42.1 Å². The molecule has 0 saturated heterocycles. The zero-order valence-electron chi connectivity index (χ0n) is 13.8. The number of aldehydes is 1. The number of aromatic nitrogens is 1. The normalized spacial score (nSPS) is 10.8. The van der Waals surface area contributed by atoms with E-state index in [4.69, 9.17) is 4.74 Å². The van der Waals surface area contributed by atoms with E-state index < -0.39 is 0 Å². The summed E-state index contributed by atoms with van der Waals surface area (Å²) >= 11 is 0. The lowest BCUT2D eigenvalue weighted by atomic mass is 9.97. The number of carbonyl (C=O) groups excluding carboxylic acids is 1. The van der Waals surface area contributed by atoms with Gasteiger partial charge in [0.25, 0.3) is 0 Å². The summed E-state index contributed by atoms with van der Waals surface area (Å²) in [4.78, 5) is 15.0. The number of rotatable bonds is 4. The lowest BCUT2D eigenvalue weighted by Gasteiger charge is -2.07. The molecule has 0 aliphatic carbocycles. The first kappa shape index (κ1) is 15.2. The second-order valence-electron chi connectivity index (χ2n) is 5.86. The minimum atomic E-state index is 0.547. The van der Waals surface area contributed by atoms with Crippen LogP contribution < -0.4 is 4.74 Å². The maximum Gasteiger partial charge on any atom is 0.153 e. The van der Waals surface area contributed by atoms with Gasteiger partial charge in [0, 0.05) is 17.0 Å². The molecule has 0 radical (unpaired) electrons.